The molecule has 5 nitrogen and oxygen atoms in total. The Kier molecular flexibility index (Phi) is 3.73. The Hall–Kier alpha value is -2.04. The van der Waals surface area contributed by atoms with Crippen molar-refractivity contribution >= 4 is 11.9 Å². The fourth-order valence-corrected chi connectivity index (χ4v) is 1.82. The SMILES string of the molecule is CCc1cc(CC)c(C(=O)O)c(O)c1C(=O)O. The zero-order valence-electron chi connectivity index (χ0n) is 9.65. The second-order valence-electron chi connectivity index (χ2n) is 3.61. The largest absolute Gasteiger partial charge is 0.506 e. The summed E-state index contributed by atoms with van der Waals surface area (Å²) < 4.78 is 0. The van der Waals surface area contributed by atoms with Gasteiger partial charge in [-0.05, 0) is 24.0 Å². The molecule has 0 radical (unpaired) electrons. The molecule has 0 atom stereocenters. The van der Waals surface area contributed by atoms with E-state index in [0.29, 0.717) is 24.0 Å². The number of carbonyl (C=O) groups is 2. The van der Waals surface area contributed by atoms with Crippen LogP contribution < -0.4 is 0 Å². The molecule has 0 aliphatic rings. The summed E-state index contributed by atoms with van der Waals surface area (Å²) in [4.78, 5) is 22.0. The molecule has 0 saturated carbocycles. The van der Waals surface area contributed by atoms with E-state index in [-0.39, 0.29) is 11.1 Å². The number of aromatic carboxylic acids is 2. The predicted molar refractivity (Wildman–Crippen MR) is 60.8 cm³/mol. The van der Waals surface area contributed by atoms with Gasteiger partial charge in [0.2, 0.25) is 0 Å². The molecule has 0 aliphatic carbocycles. The number of aryl methyl sites for hydroxylation is 2. The van der Waals surface area contributed by atoms with Gasteiger partial charge in [-0.3, -0.25) is 0 Å². The lowest BCUT2D eigenvalue weighted by atomic mass is 9.94. The number of carboxylic acids is 2. The van der Waals surface area contributed by atoms with Gasteiger partial charge in [0.1, 0.15) is 16.9 Å². The van der Waals surface area contributed by atoms with Gasteiger partial charge in [-0.25, -0.2) is 9.59 Å². The van der Waals surface area contributed by atoms with Gasteiger partial charge in [-0.15, -0.1) is 0 Å². The summed E-state index contributed by atoms with van der Waals surface area (Å²) in [5, 5.41) is 27.8. The van der Waals surface area contributed by atoms with Crippen LogP contribution in [0.5, 0.6) is 5.75 Å². The lowest BCUT2D eigenvalue weighted by Crippen LogP contribution is -2.10. The van der Waals surface area contributed by atoms with Crippen molar-refractivity contribution in [1.82, 2.24) is 0 Å². The highest BCUT2D eigenvalue weighted by molar-refractivity contribution is 6.00. The highest BCUT2D eigenvalue weighted by atomic mass is 16.4. The van der Waals surface area contributed by atoms with Crippen LogP contribution in [0.3, 0.4) is 0 Å². The third kappa shape index (κ3) is 2.22. The summed E-state index contributed by atoms with van der Waals surface area (Å²) in [6.07, 6.45) is 0.837. The van der Waals surface area contributed by atoms with Crippen molar-refractivity contribution in [3.63, 3.8) is 0 Å². The van der Waals surface area contributed by atoms with E-state index < -0.39 is 17.7 Å². The average molecular weight is 238 g/mol. The second kappa shape index (κ2) is 4.86. The summed E-state index contributed by atoms with van der Waals surface area (Å²) in [6, 6.07) is 1.53. The van der Waals surface area contributed by atoms with Gasteiger partial charge in [-0.2, -0.15) is 0 Å². The quantitative estimate of drug-likeness (QED) is 0.744. The Balaban J connectivity index is 3.67. The standard InChI is InChI=1S/C12H14O5/c1-3-6-5-7(4-2)9(12(16)17)10(13)8(6)11(14)15/h5,13H,3-4H2,1-2H3,(H,14,15)(H,16,17). The maximum atomic E-state index is 11.0. The van der Waals surface area contributed by atoms with Crippen LogP contribution in [-0.4, -0.2) is 27.3 Å². The van der Waals surface area contributed by atoms with Crippen LogP contribution in [0.4, 0.5) is 0 Å². The topological polar surface area (TPSA) is 94.8 Å². The molecule has 0 aromatic heterocycles. The Morgan fingerprint density at radius 1 is 1.00 bits per heavy atom. The summed E-state index contributed by atoms with van der Waals surface area (Å²) in [5.41, 5.74) is 0.248. The van der Waals surface area contributed by atoms with Gasteiger partial charge in [0.05, 0.1) is 0 Å². The maximum absolute atomic E-state index is 11.0. The van der Waals surface area contributed by atoms with Crippen LogP contribution >= 0.6 is 0 Å². The van der Waals surface area contributed by atoms with Gasteiger partial charge < -0.3 is 15.3 Å². The van der Waals surface area contributed by atoms with E-state index in [9.17, 15) is 14.7 Å². The fraction of sp³-hybridized carbons (Fsp3) is 0.333. The molecule has 1 rings (SSSR count). The van der Waals surface area contributed by atoms with E-state index in [2.05, 4.69) is 0 Å². The smallest absolute Gasteiger partial charge is 0.339 e. The third-order valence-electron chi connectivity index (χ3n) is 2.65. The Labute approximate surface area is 98.3 Å². The summed E-state index contributed by atoms with van der Waals surface area (Å²) >= 11 is 0. The molecule has 0 aliphatic heterocycles. The van der Waals surface area contributed by atoms with Crippen molar-refractivity contribution < 1.29 is 24.9 Å². The molecule has 0 heterocycles. The number of aromatic hydroxyl groups is 1. The van der Waals surface area contributed by atoms with Gasteiger partial charge in [0, 0.05) is 0 Å². The highest BCUT2D eigenvalue weighted by Crippen LogP contribution is 2.30. The summed E-state index contributed by atoms with van der Waals surface area (Å²) in [6.45, 7) is 3.50. The zero-order chi connectivity index (χ0) is 13.2. The minimum Gasteiger partial charge on any atom is -0.506 e. The molecule has 0 amide bonds. The van der Waals surface area contributed by atoms with Gasteiger partial charge in [-0.1, -0.05) is 19.9 Å². The number of hydrogen-bond donors (Lipinski definition) is 3. The average Bonchev–Trinajstić information content (AvgIpc) is 2.26. The van der Waals surface area contributed by atoms with Crippen molar-refractivity contribution in [2.75, 3.05) is 0 Å². The molecule has 0 bridgehead atoms. The molecule has 3 N–H and O–H groups in total. The minimum absolute atomic E-state index is 0.317. The van der Waals surface area contributed by atoms with E-state index in [1.54, 1.807) is 13.8 Å². The molecule has 92 valence electrons. The lowest BCUT2D eigenvalue weighted by molar-refractivity contribution is 0.0690. The van der Waals surface area contributed by atoms with E-state index in [1.165, 1.54) is 6.07 Å². The third-order valence-corrected chi connectivity index (χ3v) is 2.65. The second-order valence-corrected chi connectivity index (χ2v) is 3.61. The van der Waals surface area contributed by atoms with Crippen LogP contribution in [-0.2, 0) is 12.8 Å². The Bertz CT molecular complexity index is 436. The monoisotopic (exact) mass is 238 g/mol. The molecule has 1 aromatic carbocycles. The fourth-order valence-electron chi connectivity index (χ4n) is 1.82. The van der Waals surface area contributed by atoms with Crippen molar-refractivity contribution in [2.24, 2.45) is 0 Å². The minimum atomic E-state index is -1.32. The van der Waals surface area contributed by atoms with Gasteiger partial charge >= 0.3 is 11.9 Å². The maximum Gasteiger partial charge on any atom is 0.339 e. The number of rotatable bonds is 4. The molecule has 1 aromatic rings. The van der Waals surface area contributed by atoms with Crippen molar-refractivity contribution in [1.29, 1.82) is 0 Å². The van der Waals surface area contributed by atoms with E-state index in [1.807, 2.05) is 0 Å². The molecular formula is C12H14O5. The van der Waals surface area contributed by atoms with Crippen LogP contribution in [0.25, 0.3) is 0 Å². The van der Waals surface area contributed by atoms with Crippen LogP contribution in [0.2, 0.25) is 0 Å². The molecule has 17 heavy (non-hydrogen) atoms. The number of carboxylic acid groups (broad SMARTS) is 2. The summed E-state index contributed by atoms with van der Waals surface area (Å²) in [5.74, 6) is -3.28. The van der Waals surface area contributed by atoms with Gasteiger partial charge in [0.15, 0.2) is 0 Å². The Morgan fingerprint density at radius 3 is 1.59 bits per heavy atom. The van der Waals surface area contributed by atoms with E-state index >= 15 is 0 Å². The first-order valence-electron chi connectivity index (χ1n) is 5.28. The van der Waals surface area contributed by atoms with Crippen LogP contribution in [0.1, 0.15) is 45.7 Å². The van der Waals surface area contributed by atoms with Crippen LogP contribution in [0, 0.1) is 0 Å². The van der Waals surface area contributed by atoms with Gasteiger partial charge in [0.25, 0.3) is 0 Å². The number of benzene rings is 1. The lowest BCUT2D eigenvalue weighted by Gasteiger charge is -2.13. The van der Waals surface area contributed by atoms with Crippen LogP contribution in [0.15, 0.2) is 6.07 Å². The number of hydrogen-bond acceptors (Lipinski definition) is 3. The zero-order valence-corrected chi connectivity index (χ0v) is 9.65. The first-order valence-corrected chi connectivity index (χ1v) is 5.28. The number of phenols is 1. The molecule has 5 heteroatoms. The van der Waals surface area contributed by atoms with E-state index in [4.69, 9.17) is 10.2 Å². The first-order chi connectivity index (χ1) is 7.93. The first kappa shape index (κ1) is 13.0. The molecule has 0 fully saturated rings. The Morgan fingerprint density at radius 2 is 1.35 bits per heavy atom. The van der Waals surface area contributed by atoms with E-state index in [0.717, 1.165) is 0 Å². The molecule has 0 saturated heterocycles. The molecule has 0 unspecified atom stereocenters. The predicted octanol–water partition coefficient (Wildman–Crippen LogP) is 1.91. The highest BCUT2D eigenvalue weighted by Gasteiger charge is 2.24. The van der Waals surface area contributed by atoms with Crippen molar-refractivity contribution in [3.05, 3.63) is 28.3 Å². The molecular weight excluding hydrogens is 224 g/mol. The van der Waals surface area contributed by atoms with Crippen molar-refractivity contribution in [2.45, 2.75) is 26.7 Å². The molecule has 0 spiro atoms. The summed E-state index contributed by atoms with van der Waals surface area (Å²) in [7, 11) is 0. The normalized spacial score (nSPS) is 10.2. The van der Waals surface area contributed by atoms with Crippen molar-refractivity contribution in [3.8, 4) is 5.75 Å².